The topological polar surface area (TPSA) is 105 Å². The maximum atomic E-state index is 14.4. The number of benzene rings is 1. The highest BCUT2D eigenvalue weighted by Gasteiger charge is 2.42. The van der Waals surface area contributed by atoms with Gasteiger partial charge in [0.15, 0.2) is 0 Å². The summed E-state index contributed by atoms with van der Waals surface area (Å²) in [5, 5.41) is 11.0. The maximum Gasteiger partial charge on any atom is 0.418 e. The summed E-state index contributed by atoms with van der Waals surface area (Å²) in [5.74, 6) is 0.595. The number of alkyl halides is 3. The van der Waals surface area contributed by atoms with Crippen molar-refractivity contribution in [2.24, 2.45) is 7.05 Å². The van der Waals surface area contributed by atoms with Gasteiger partial charge in [0.2, 0.25) is 0 Å². The second-order valence-electron chi connectivity index (χ2n) is 13.3. The molecule has 1 aliphatic heterocycles. The van der Waals surface area contributed by atoms with Crippen molar-refractivity contribution in [2.45, 2.75) is 82.0 Å². The van der Waals surface area contributed by atoms with E-state index in [9.17, 15) is 22.8 Å². The molecule has 0 bridgehead atoms. The second kappa shape index (κ2) is 11.3. The second-order valence-corrected chi connectivity index (χ2v) is 13.3. The van der Waals surface area contributed by atoms with Crippen LogP contribution in [0.3, 0.4) is 0 Å². The van der Waals surface area contributed by atoms with E-state index >= 15 is 0 Å². The fourth-order valence-corrected chi connectivity index (χ4v) is 6.37. The molecule has 13 heteroatoms. The van der Waals surface area contributed by atoms with E-state index in [0.717, 1.165) is 15.8 Å². The molecular weight excluding hydrogens is 589 g/mol. The van der Waals surface area contributed by atoms with E-state index in [-0.39, 0.29) is 22.9 Å². The number of aromatic nitrogens is 5. The van der Waals surface area contributed by atoms with Crippen LogP contribution in [0.25, 0.3) is 11.2 Å². The number of pyridine rings is 1. The van der Waals surface area contributed by atoms with Crippen LogP contribution in [-0.4, -0.2) is 54.7 Å². The minimum atomic E-state index is -4.67. The summed E-state index contributed by atoms with van der Waals surface area (Å²) < 4.78 is 58.4. The lowest BCUT2D eigenvalue weighted by molar-refractivity contribution is -0.136. The van der Waals surface area contributed by atoms with Crippen LogP contribution in [0.1, 0.15) is 74.9 Å². The number of halogens is 3. The fraction of sp³-hybridized carbons (Fsp3) is 0.500. The maximum absolute atomic E-state index is 14.4. The van der Waals surface area contributed by atoms with Gasteiger partial charge in [-0.2, -0.15) is 13.2 Å². The monoisotopic (exact) mass is 626 g/mol. The Morgan fingerprint density at radius 3 is 2.44 bits per heavy atom. The van der Waals surface area contributed by atoms with Gasteiger partial charge in [0.25, 0.3) is 0 Å². The molecule has 2 aliphatic rings. The number of carbonyl (C=O) groups is 1. The molecule has 45 heavy (non-hydrogen) atoms. The summed E-state index contributed by atoms with van der Waals surface area (Å²) in [4.78, 5) is 25.9. The number of carbonyl (C=O) groups excluding carboxylic acids is 1. The van der Waals surface area contributed by atoms with Crippen LogP contribution in [0.15, 0.2) is 53.8 Å². The molecule has 6 rings (SSSR count). The van der Waals surface area contributed by atoms with Crippen molar-refractivity contribution in [3.8, 4) is 5.69 Å². The Kier molecular flexibility index (Phi) is 7.78. The van der Waals surface area contributed by atoms with Crippen LogP contribution in [0.4, 0.5) is 18.0 Å². The smallest absolute Gasteiger partial charge is 0.418 e. The summed E-state index contributed by atoms with van der Waals surface area (Å²) in [7, 11) is 1.87. The van der Waals surface area contributed by atoms with Crippen LogP contribution in [0.5, 0.6) is 0 Å². The van der Waals surface area contributed by atoms with Gasteiger partial charge in [0.1, 0.15) is 17.8 Å². The zero-order chi connectivity index (χ0) is 32.1. The first-order valence-electron chi connectivity index (χ1n) is 15.1. The van der Waals surface area contributed by atoms with E-state index in [2.05, 4.69) is 15.5 Å². The SMILES string of the molecule is Cn1cnnc1CC1(c2cccc(-n3cc4c(C(F)(F)F)cc(C5CCC(NC(=O)OC(C)(C)C)CC5)cn4c3=O)c2)COC1. The van der Waals surface area contributed by atoms with Crippen molar-refractivity contribution in [3.05, 3.63) is 82.1 Å². The van der Waals surface area contributed by atoms with E-state index in [0.29, 0.717) is 56.6 Å². The number of hydrogen-bond acceptors (Lipinski definition) is 6. The van der Waals surface area contributed by atoms with E-state index in [1.54, 1.807) is 39.2 Å². The lowest BCUT2D eigenvalue weighted by Crippen LogP contribution is -2.49. The summed E-state index contributed by atoms with van der Waals surface area (Å²) >= 11 is 0. The summed E-state index contributed by atoms with van der Waals surface area (Å²) in [5.41, 5.74) is -0.829. The predicted molar refractivity (Wildman–Crippen MR) is 160 cm³/mol. The number of ether oxygens (including phenoxy) is 2. The quantitative estimate of drug-likeness (QED) is 0.312. The Balaban J connectivity index is 1.29. The zero-order valence-corrected chi connectivity index (χ0v) is 25.7. The van der Waals surface area contributed by atoms with E-state index in [1.165, 1.54) is 23.0 Å². The highest BCUT2D eigenvalue weighted by atomic mass is 19.4. The third kappa shape index (κ3) is 6.22. The molecule has 0 radical (unpaired) electrons. The summed E-state index contributed by atoms with van der Waals surface area (Å²) in [6.07, 6.45) is 2.14. The molecule has 0 spiro atoms. The molecule has 4 heterocycles. The van der Waals surface area contributed by atoms with Crippen LogP contribution >= 0.6 is 0 Å². The molecule has 1 amide bonds. The number of nitrogens with zero attached hydrogens (tertiary/aromatic N) is 5. The number of amides is 1. The number of alkyl carbamates (subject to hydrolysis) is 1. The summed E-state index contributed by atoms with van der Waals surface area (Å²) in [6.45, 7) is 6.25. The molecule has 2 fully saturated rings. The molecule has 1 aromatic carbocycles. The Bertz CT molecular complexity index is 1770. The Hall–Kier alpha value is -4.13. The number of aryl methyl sites for hydroxylation is 1. The standard InChI is InChI=1S/C32H37F3N6O4/c1-30(2,3)45-28(42)37-23-10-8-20(9-11-23)21-12-25(32(33,34)35)26-16-40(29(43)41(26)15-21)24-7-5-6-22(13-24)31(17-44-18-31)14-27-38-36-19-39(27)4/h5-7,12-13,15-16,19-20,23H,8-11,14,17-18H2,1-4H3,(H,37,42). The third-order valence-electron chi connectivity index (χ3n) is 8.81. The Labute approximate surface area is 258 Å². The third-order valence-corrected chi connectivity index (χ3v) is 8.81. The first-order chi connectivity index (χ1) is 21.2. The van der Waals surface area contributed by atoms with Crippen molar-refractivity contribution in [2.75, 3.05) is 13.2 Å². The molecular formula is C32H37F3N6O4. The van der Waals surface area contributed by atoms with Crippen molar-refractivity contribution in [1.82, 2.24) is 29.0 Å². The van der Waals surface area contributed by atoms with Crippen LogP contribution in [0, 0.1) is 0 Å². The lowest BCUT2D eigenvalue weighted by atomic mass is 9.75. The highest BCUT2D eigenvalue weighted by Crippen LogP contribution is 2.39. The number of fused-ring (bicyclic) bond motifs is 1. The fourth-order valence-electron chi connectivity index (χ4n) is 6.37. The average Bonchev–Trinajstić information content (AvgIpc) is 3.51. The molecule has 3 aromatic heterocycles. The van der Waals surface area contributed by atoms with Crippen LogP contribution in [-0.2, 0) is 34.5 Å². The Morgan fingerprint density at radius 2 is 1.84 bits per heavy atom. The normalized spacial score (nSPS) is 20.2. The largest absolute Gasteiger partial charge is 0.444 e. The lowest BCUT2D eigenvalue weighted by Gasteiger charge is -2.41. The van der Waals surface area contributed by atoms with Gasteiger partial charge in [-0.15, -0.1) is 10.2 Å². The van der Waals surface area contributed by atoms with Crippen LogP contribution in [0.2, 0.25) is 0 Å². The van der Waals surface area contributed by atoms with Gasteiger partial charge in [-0.3, -0.25) is 8.97 Å². The van der Waals surface area contributed by atoms with E-state index < -0.39 is 29.1 Å². The molecule has 1 aliphatic carbocycles. The van der Waals surface area contributed by atoms with Crippen molar-refractivity contribution < 1.29 is 27.4 Å². The van der Waals surface area contributed by atoms with Crippen LogP contribution < -0.4 is 11.0 Å². The average molecular weight is 627 g/mol. The molecule has 240 valence electrons. The van der Waals surface area contributed by atoms with Gasteiger partial charge in [0.05, 0.1) is 30.0 Å². The Morgan fingerprint density at radius 1 is 1.11 bits per heavy atom. The molecule has 0 atom stereocenters. The van der Waals surface area contributed by atoms with Gasteiger partial charge >= 0.3 is 18.0 Å². The van der Waals surface area contributed by atoms with Gasteiger partial charge in [0, 0.05) is 37.3 Å². The van der Waals surface area contributed by atoms with E-state index in [4.69, 9.17) is 9.47 Å². The first kappa shape index (κ1) is 30.9. The molecule has 1 N–H and O–H groups in total. The first-order valence-corrected chi connectivity index (χ1v) is 15.1. The molecule has 1 saturated carbocycles. The number of rotatable bonds is 6. The summed E-state index contributed by atoms with van der Waals surface area (Å²) in [6, 6.07) is 8.34. The van der Waals surface area contributed by atoms with E-state index in [1.807, 2.05) is 23.7 Å². The number of hydrogen-bond donors (Lipinski definition) is 1. The van der Waals surface area contributed by atoms with Gasteiger partial charge in [-0.1, -0.05) is 12.1 Å². The van der Waals surface area contributed by atoms with Gasteiger partial charge in [-0.05, 0) is 81.7 Å². The predicted octanol–water partition coefficient (Wildman–Crippen LogP) is 5.30. The van der Waals surface area contributed by atoms with Gasteiger partial charge < -0.3 is 19.4 Å². The number of imidazole rings is 1. The molecule has 4 aromatic rings. The number of nitrogens with one attached hydrogen (secondary N) is 1. The highest BCUT2D eigenvalue weighted by molar-refractivity contribution is 5.68. The van der Waals surface area contributed by atoms with Crippen molar-refractivity contribution in [3.63, 3.8) is 0 Å². The minimum absolute atomic E-state index is 0.129. The van der Waals surface area contributed by atoms with Crippen molar-refractivity contribution in [1.29, 1.82) is 0 Å². The minimum Gasteiger partial charge on any atom is -0.444 e. The molecule has 1 saturated heterocycles. The molecule has 0 unspecified atom stereocenters. The van der Waals surface area contributed by atoms with Crippen molar-refractivity contribution >= 4 is 11.6 Å². The molecule has 10 nitrogen and oxygen atoms in total. The zero-order valence-electron chi connectivity index (χ0n) is 25.7. The van der Waals surface area contributed by atoms with Gasteiger partial charge in [-0.25, -0.2) is 9.59 Å².